The minimum Gasteiger partial charge on any atom is -0.469 e. The number of hydrogen-bond acceptors (Lipinski definition) is 6. The Morgan fingerprint density at radius 1 is 1.48 bits per heavy atom. The van der Waals surface area contributed by atoms with E-state index in [1.807, 2.05) is 0 Å². The lowest BCUT2D eigenvalue weighted by atomic mass is 10.1. The molecule has 1 aliphatic heterocycles. The van der Waals surface area contributed by atoms with Crippen molar-refractivity contribution in [1.29, 1.82) is 0 Å². The van der Waals surface area contributed by atoms with Crippen molar-refractivity contribution in [3.8, 4) is 0 Å². The highest BCUT2D eigenvalue weighted by atomic mass is 32.2. The third kappa shape index (κ3) is 3.03. The van der Waals surface area contributed by atoms with Crippen LogP contribution in [0, 0.1) is 16.0 Å². The Bertz CT molecular complexity index is 672. The van der Waals surface area contributed by atoms with Crippen molar-refractivity contribution >= 4 is 21.7 Å². The van der Waals surface area contributed by atoms with E-state index < -0.39 is 26.8 Å². The topological polar surface area (TPSA) is 107 Å². The van der Waals surface area contributed by atoms with Gasteiger partial charge < -0.3 is 4.74 Å². The molecule has 0 N–H and O–H groups in total. The lowest BCUT2D eigenvalue weighted by Crippen LogP contribution is -2.30. The van der Waals surface area contributed by atoms with Crippen LogP contribution >= 0.6 is 0 Å². The summed E-state index contributed by atoms with van der Waals surface area (Å²) in [6, 6.07) is 4.85. The van der Waals surface area contributed by atoms with E-state index in [4.69, 9.17) is 0 Å². The molecule has 0 aliphatic carbocycles. The summed E-state index contributed by atoms with van der Waals surface area (Å²) in [5.74, 6) is -0.949. The number of hydrogen-bond donors (Lipinski definition) is 0. The van der Waals surface area contributed by atoms with Crippen molar-refractivity contribution in [2.45, 2.75) is 11.3 Å². The predicted molar refractivity (Wildman–Crippen MR) is 72.0 cm³/mol. The minimum absolute atomic E-state index is 0.0255. The molecule has 0 radical (unpaired) electrons. The number of ether oxygens (including phenoxy) is 1. The van der Waals surface area contributed by atoms with Crippen molar-refractivity contribution in [3.63, 3.8) is 0 Å². The third-order valence-corrected chi connectivity index (χ3v) is 5.21. The van der Waals surface area contributed by atoms with Gasteiger partial charge in [-0.3, -0.25) is 14.9 Å². The van der Waals surface area contributed by atoms with E-state index in [2.05, 4.69) is 4.74 Å². The fourth-order valence-corrected chi connectivity index (χ4v) is 3.75. The molecule has 1 unspecified atom stereocenters. The standard InChI is InChI=1S/C12H14N2O6S/c1-20-12(15)9-5-6-13(8-9)21(18,19)11-4-2-3-10(7-11)14(16)17/h2-4,7,9H,5-6,8H2,1H3. The van der Waals surface area contributed by atoms with Gasteiger partial charge >= 0.3 is 5.97 Å². The highest BCUT2D eigenvalue weighted by Crippen LogP contribution is 2.26. The number of nitro benzene ring substituents is 1. The first-order valence-electron chi connectivity index (χ1n) is 6.18. The zero-order valence-electron chi connectivity index (χ0n) is 11.3. The fourth-order valence-electron chi connectivity index (χ4n) is 2.21. The number of methoxy groups -OCH3 is 1. The van der Waals surface area contributed by atoms with Crippen molar-refractivity contribution in [3.05, 3.63) is 34.4 Å². The molecular weight excluding hydrogens is 300 g/mol. The molecular formula is C12H14N2O6S. The largest absolute Gasteiger partial charge is 0.469 e. The van der Waals surface area contributed by atoms with Crippen LogP contribution < -0.4 is 0 Å². The molecule has 1 fully saturated rings. The second kappa shape index (κ2) is 5.78. The highest BCUT2D eigenvalue weighted by molar-refractivity contribution is 7.89. The highest BCUT2D eigenvalue weighted by Gasteiger charge is 2.36. The first-order valence-corrected chi connectivity index (χ1v) is 7.62. The minimum atomic E-state index is -3.85. The van der Waals surface area contributed by atoms with Crippen LogP contribution in [0.4, 0.5) is 5.69 Å². The molecule has 1 atom stereocenters. The number of non-ortho nitro benzene ring substituents is 1. The van der Waals surface area contributed by atoms with Gasteiger partial charge in [-0.15, -0.1) is 0 Å². The molecule has 9 heteroatoms. The number of nitro groups is 1. The van der Waals surface area contributed by atoms with Gasteiger partial charge in [-0.25, -0.2) is 8.42 Å². The van der Waals surface area contributed by atoms with E-state index in [0.29, 0.717) is 6.42 Å². The van der Waals surface area contributed by atoms with Gasteiger partial charge in [0.2, 0.25) is 10.0 Å². The maximum absolute atomic E-state index is 12.4. The second-order valence-corrected chi connectivity index (χ2v) is 6.56. The van der Waals surface area contributed by atoms with E-state index in [1.54, 1.807) is 0 Å². The van der Waals surface area contributed by atoms with Crippen LogP contribution in [-0.2, 0) is 19.6 Å². The number of esters is 1. The maximum atomic E-state index is 12.4. The molecule has 1 aromatic carbocycles. The predicted octanol–water partition coefficient (Wildman–Crippen LogP) is 0.778. The first-order chi connectivity index (χ1) is 9.86. The van der Waals surface area contributed by atoms with Gasteiger partial charge in [-0.1, -0.05) is 6.07 Å². The van der Waals surface area contributed by atoms with Crippen molar-refractivity contribution < 1.29 is 22.9 Å². The molecule has 1 aromatic rings. The van der Waals surface area contributed by atoms with Gasteiger partial charge in [0, 0.05) is 25.2 Å². The van der Waals surface area contributed by atoms with Gasteiger partial charge in [-0.2, -0.15) is 4.31 Å². The van der Waals surface area contributed by atoms with Crippen LogP contribution in [0.25, 0.3) is 0 Å². The Morgan fingerprint density at radius 3 is 2.81 bits per heavy atom. The van der Waals surface area contributed by atoms with E-state index in [1.165, 1.54) is 25.3 Å². The van der Waals surface area contributed by atoms with Crippen molar-refractivity contribution in [2.75, 3.05) is 20.2 Å². The van der Waals surface area contributed by atoms with Crippen LogP contribution in [0.1, 0.15) is 6.42 Å². The van der Waals surface area contributed by atoms with Gasteiger partial charge in [-0.05, 0) is 12.5 Å². The molecule has 1 aliphatic rings. The summed E-state index contributed by atoms with van der Waals surface area (Å²) in [6.07, 6.45) is 0.376. The molecule has 0 amide bonds. The smallest absolute Gasteiger partial charge is 0.310 e. The maximum Gasteiger partial charge on any atom is 0.310 e. The number of benzene rings is 1. The summed E-state index contributed by atoms with van der Waals surface area (Å²) >= 11 is 0. The summed E-state index contributed by atoms with van der Waals surface area (Å²) in [5, 5.41) is 10.7. The average Bonchev–Trinajstić information content (AvgIpc) is 2.97. The van der Waals surface area contributed by atoms with Crippen LogP contribution in [-0.4, -0.2) is 43.8 Å². The Hall–Kier alpha value is -2.00. The van der Waals surface area contributed by atoms with Gasteiger partial charge in [0.1, 0.15) is 0 Å². The second-order valence-electron chi connectivity index (χ2n) is 4.63. The van der Waals surface area contributed by atoms with E-state index in [9.17, 15) is 23.3 Å². The normalized spacial score (nSPS) is 19.4. The molecule has 114 valence electrons. The molecule has 0 saturated carbocycles. The number of sulfonamides is 1. The fraction of sp³-hybridized carbons (Fsp3) is 0.417. The third-order valence-electron chi connectivity index (χ3n) is 3.35. The van der Waals surface area contributed by atoms with Crippen LogP contribution in [0.3, 0.4) is 0 Å². The van der Waals surface area contributed by atoms with E-state index in [0.717, 1.165) is 10.4 Å². The Morgan fingerprint density at radius 2 is 2.19 bits per heavy atom. The quantitative estimate of drug-likeness (QED) is 0.462. The van der Waals surface area contributed by atoms with Crippen LogP contribution in [0.5, 0.6) is 0 Å². The summed E-state index contributed by atoms with van der Waals surface area (Å²) in [4.78, 5) is 21.3. The number of carbonyl (C=O) groups is 1. The summed E-state index contributed by atoms with van der Waals surface area (Å²) in [5.41, 5.74) is -0.292. The molecule has 2 rings (SSSR count). The van der Waals surface area contributed by atoms with Crippen molar-refractivity contribution in [2.24, 2.45) is 5.92 Å². The van der Waals surface area contributed by atoms with Crippen molar-refractivity contribution in [1.82, 2.24) is 4.31 Å². The van der Waals surface area contributed by atoms with Gasteiger partial charge in [0.15, 0.2) is 0 Å². The molecule has 0 aromatic heterocycles. The molecule has 8 nitrogen and oxygen atoms in total. The lowest BCUT2D eigenvalue weighted by molar-refractivity contribution is -0.385. The zero-order valence-corrected chi connectivity index (χ0v) is 12.1. The SMILES string of the molecule is COC(=O)C1CCN(S(=O)(=O)c2cccc([N+](=O)[O-])c2)C1. The number of carbonyl (C=O) groups excluding carboxylic acids is 1. The van der Waals surface area contributed by atoms with Crippen LogP contribution in [0.15, 0.2) is 29.2 Å². The van der Waals surface area contributed by atoms with E-state index in [-0.39, 0.29) is 23.7 Å². The molecule has 1 saturated heterocycles. The molecule has 0 spiro atoms. The average molecular weight is 314 g/mol. The summed E-state index contributed by atoms with van der Waals surface area (Å²) in [6.45, 7) is 0.211. The lowest BCUT2D eigenvalue weighted by Gasteiger charge is -2.16. The summed E-state index contributed by atoms with van der Waals surface area (Å²) < 4.78 is 30.6. The summed E-state index contributed by atoms with van der Waals surface area (Å²) in [7, 11) is -2.60. The Labute approximate surface area is 121 Å². The Kier molecular flexibility index (Phi) is 4.24. The first kappa shape index (κ1) is 15.4. The van der Waals surface area contributed by atoms with Gasteiger partial charge in [0.25, 0.3) is 5.69 Å². The Balaban J connectivity index is 2.25. The van der Waals surface area contributed by atoms with E-state index >= 15 is 0 Å². The monoisotopic (exact) mass is 314 g/mol. The number of nitrogens with zero attached hydrogens (tertiary/aromatic N) is 2. The molecule has 1 heterocycles. The number of rotatable bonds is 4. The van der Waals surface area contributed by atoms with Crippen LogP contribution in [0.2, 0.25) is 0 Å². The molecule has 21 heavy (non-hydrogen) atoms. The zero-order chi connectivity index (χ0) is 15.6. The molecule has 0 bridgehead atoms. The van der Waals surface area contributed by atoms with Gasteiger partial charge in [0.05, 0.1) is 22.8 Å².